The van der Waals surface area contributed by atoms with Gasteiger partial charge in [0.15, 0.2) is 0 Å². The van der Waals surface area contributed by atoms with E-state index in [-0.39, 0.29) is 6.25 Å². The zero-order valence-corrected chi connectivity index (χ0v) is 21.4. The molecule has 0 saturated carbocycles. The number of hydrogen-bond acceptors (Lipinski definition) is 1. The van der Waals surface area contributed by atoms with Crippen LogP contribution in [0.25, 0.3) is 0 Å². The second-order valence-corrected chi connectivity index (χ2v) is 14.0. The minimum atomic E-state index is -0.204. The van der Waals surface area contributed by atoms with Gasteiger partial charge in [0.05, 0.1) is 0 Å². The van der Waals surface area contributed by atoms with Gasteiger partial charge < -0.3 is 5.73 Å². The average Bonchev–Trinajstić information content (AvgIpc) is 2.84. The van der Waals surface area contributed by atoms with Gasteiger partial charge >= 0.3 is 148 Å². The summed E-state index contributed by atoms with van der Waals surface area (Å²) in [6.45, 7) is 2.36. The summed E-state index contributed by atoms with van der Waals surface area (Å²) in [6.07, 6.45) is 10.8. The van der Waals surface area contributed by atoms with E-state index in [0.29, 0.717) is 22.6 Å². The Morgan fingerprint density at radius 2 is 1.28 bits per heavy atom. The molecule has 2 N–H and O–H groups in total. The molecule has 1 atom stereocenters. The summed E-state index contributed by atoms with van der Waals surface area (Å²) >= 11 is 0.513. The van der Waals surface area contributed by atoms with Gasteiger partial charge in [0.25, 0.3) is 0 Å². The zero-order chi connectivity index (χ0) is 22.4. The fraction of sp³-hybridized carbons (Fsp3) is 0.241. The minimum absolute atomic E-state index is 0.204. The molecular weight excluding hydrogens is 496 g/mol. The first-order chi connectivity index (χ1) is 15.7. The van der Waals surface area contributed by atoms with Gasteiger partial charge in [0.1, 0.15) is 0 Å². The van der Waals surface area contributed by atoms with Gasteiger partial charge in [-0.05, 0) is 25.7 Å². The molecule has 0 amide bonds. The van der Waals surface area contributed by atoms with E-state index in [1.54, 1.807) is 0 Å². The van der Waals surface area contributed by atoms with Crippen molar-refractivity contribution in [3.63, 3.8) is 0 Å². The molecule has 3 heteroatoms. The number of allylic oxidation sites excluding steroid dienone is 4. The Morgan fingerprint density at radius 1 is 0.750 bits per heavy atom. The standard InChI is InChI=1S/C12H10P.C9H11.C8H13N.Rh/c1-3-7-11(8-4-1)13-12-9-5-2-6-10-12;1-8(2)9-6-4-3-5-7-9;9-8-6-4-2-1-3-5-7-8;/h1-10H;3-8H,1H2,2H3;1-2,7H,3-6,9H2;/q-1;;;+1/b;;2-1-,8-7+;/t;8-;;/m.0../s1. The maximum Gasteiger partial charge on any atom is 0.00431 e. The topological polar surface area (TPSA) is 26.0 Å². The molecule has 1 nitrogen and oxygen atoms in total. The molecule has 0 bridgehead atoms. The molecule has 0 aliphatic heterocycles. The average molecular weight is 530 g/mol. The van der Waals surface area contributed by atoms with E-state index >= 15 is 0 Å². The van der Waals surface area contributed by atoms with E-state index < -0.39 is 0 Å². The predicted octanol–water partition coefficient (Wildman–Crippen LogP) is 7.30. The van der Waals surface area contributed by atoms with Crippen LogP contribution in [0, 0.1) is 0 Å². The Labute approximate surface area is 202 Å². The summed E-state index contributed by atoms with van der Waals surface area (Å²) < 4.78 is 0. The Kier molecular flexibility index (Phi) is 10.9. The first-order valence-corrected chi connectivity index (χ1v) is 15.9. The summed E-state index contributed by atoms with van der Waals surface area (Å²) in [5.74, 6) is 0.636. The number of rotatable bonds is 6. The number of nitrogens with two attached hydrogens (primary N) is 1. The zero-order valence-electron chi connectivity index (χ0n) is 18.9. The molecule has 0 unspecified atom stereocenters. The van der Waals surface area contributed by atoms with E-state index in [0.717, 1.165) is 31.4 Å². The minimum Gasteiger partial charge on any atom is -0.402 e. The van der Waals surface area contributed by atoms with Gasteiger partial charge in [-0.25, -0.2) is 0 Å². The van der Waals surface area contributed by atoms with Crippen molar-refractivity contribution >= 4 is 16.9 Å². The maximum atomic E-state index is 5.63. The second kappa shape index (κ2) is 14.2. The monoisotopic (exact) mass is 530 g/mol. The Balaban J connectivity index is 0.000000269. The molecule has 0 heterocycles. The van der Waals surface area contributed by atoms with Crippen molar-refractivity contribution in [2.75, 3.05) is 0 Å². The van der Waals surface area contributed by atoms with Crippen molar-refractivity contribution in [1.82, 2.24) is 0 Å². The Morgan fingerprint density at radius 3 is 1.88 bits per heavy atom. The summed E-state index contributed by atoms with van der Waals surface area (Å²) in [7, 11) is 0. The fourth-order valence-electron chi connectivity index (χ4n) is 3.34. The molecule has 1 aliphatic carbocycles. The van der Waals surface area contributed by atoms with Crippen molar-refractivity contribution in [1.29, 1.82) is 0 Å². The molecule has 1 aliphatic rings. The largest absolute Gasteiger partial charge is 0.402 e. The summed E-state index contributed by atoms with van der Waals surface area (Å²) in [5, 5.41) is 4.31. The van der Waals surface area contributed by atoms with Crippen LogP contribution in [0.2, 0.25) is 5.02 Å². The fourth-order valence-corrected chi connectivity index (χ4v) is 10.9. The molecule has 4 rings (SSSR count). The van der Waals surface area contributed by atoms with Crippen molar-refractivity contribution in [2.24, 2.45) is 5.73 Å². The van der Waals surface area contributed by atoms with E-state index in [9.17, 15) is 0 Å². The van der Waals surface area contributed by atoms with E-state index in [1.165, 1.54) is 21.2 Å². The molecule has 3 aromatic carbocycles. The molecule has 0 fully saturated rings. The van der Waals surface area contributed by atoms with Gasteiger partial charge in [-0.1, -0.05) is 18.2 Å². The maximum absolute atomic E-state index is 5.63. The molecular formula is C29H34NPRh. The summed E-state index contributed by atoms with van der Waals surface area (Å²) in [4.78, 5) is 0. The van der Waals surface area contributed by atoms with Gasteiger partial charge in [0.2, 0.25) is 0 Å². The summed E-state index contributed by atoms with van der Waals surface area (Å²) in [6, 6.07) is 33.0. The second-order valence-electron chi connectivity index (χ2n) is 7.85. The third kappa shape index (κ3) is 8.50. The van der Waals surface area contributed by atoms with Crippen molar-refractivity contribution < 1.29 is 16.6 Å². The normalized spacial score (nSPS) is 17.2. The van der Waals surface area contributed by atoms with Crippen LogP contribution in [-0.4, -0.2) is 0 Å². The third-order valence-electron chi connectivity index (χ3n) is 5.19. The van der Waals surface area contributed by atoms with Crippen molar-refractivity contribution in [2.45, 2.75) is 43.5 Å². The molecule has 0 saturated heterocycles. The van der Waals surface area contributed by atoms with E-state index in [1.807, 2.05) is 0 Å². The number of hydrogen-bond donors (Lipinski definition) is 1. The predicted molar refractivity (Wildman–Crippen MR) is 139 cm³/mol. The van der Waals surface area contributed by atoms with Crippen LogP contribution in [0.1, 0.15) is 44.1 Å². The van der Waals surface area contributed by atoms with Crippen LogP contribution in [0.15, 0.2) is 115 Å². The molecule has 169 valence electrons. The van der Waals surface area contributed by atoms with Crippen LogP contribution >= 0.6 is 6.25 Å². The van der Waals surface area contributed by atoms with Crippen LogP contribution in [-0.2, 0) is 16.6 Å². The van der Waals surface area contributed by atoms with Gasteiger partial charge in [0, 0.05) is 5.70 Å². The van der Waals surface area contributed by atoms with E-state index in [4.69, 9.17) is 5.73 Å². The molecule has 3 aromatic rings. The van der Waals surface area contributed by atoms with Crippen LogP contribution in [0.5, 0.6) is 0 Å². The van der Waals surface area contributed by atoms with Gasteiger partial charge in [-0.3, -0.25) is 0 Å². The molecule has 32 heavy (non-hydrogen) atoms. The molecule has 0 spiro atoms. The smallest absolute Gasteiger partial charge is 0.00431 e. The Hall–Kier alpha value is -2.01. The molecule has 0 aromatic heterocycles. The van der Waals surface area contributed by atoms with Gasteiger partial charge in [-0.15, -0.1) is 0 Å². The molecule has 0 radical (unpaired) electrons. The number of benzene rings is 3. The Bertz CT molecular complexity index is 915. The first kappa shape index (κ1) is 24.6. The van der Waals surface area contributed by atoms with E-state index in [2.05, 4.69) is 116 Å². The van der Waals surface area contributed by atoms with Crippen LogP contribution < -0.4 is 16.3 Å². The van der Waals surface area contributed by atoms with Crippen molar-refractivity contribution in [3.05, 3.63) is 120 Å². The first-order valence-electron chi connectivity index (χ1n) is 11.3. The SMILES string of the molecule is C[C@H]([CH2][Rh][P](c1ccccc1)c1ccccc1)c1ccccc1.N/C1=C/CC/C=C\CC1. The third-order valence-corrected chi connectivity index (χ3v) is 13.0. The van der Waals surface area contributed by atoms with Crippen LogP contribution in [0.3, 0.4) is 0 Å². The summed E-state index contributed by atoms with van der Waals surface area (Å²) in [5.41, 5.74) is 8.15. The quantitative estimate of drug-likeness (QED) is 0.202. The van der Waals surface area contributed by atoms with Crippen LogP contribution in [0.4, 0.5) is 0 Å². The van der Waals surface area contributed by atoms with Crippen molar-refractivity contribution in [3.8, 4) is 0 Å². The van der Waals surface area contributed by atoms with Gasteiger partial charge in [-0.2, -0.15) is 0 Å².